The molecule has 1 aliphatic rings. The fourth-order valence-corrected chi connectivity index (χ4v) is 5.86. The third-order valence-electron chi connectivity index (χ3n) is 4.93. The predicted molar refractivity (Wildman–Crippen MR) is 111 cm³/mol. The highest BCUT2D eigenvalue weighted by atomic mass is 79.9. The van der Waals surface area contributed by atoms with Crippen LogP contribution in [-0.4, -0.2) is 38.9 Å². The highest BCUT2D eigenvalue weighted by molar-refractivity contribution is 9.10. The van der Waals surface area contributed by atoms with Crippen LogP contribution in [0.4, 0.5) is 5.69 Å². The van der Waals surface area contributed by atoms with Gasteiger partial charge in [0.2, 0.25) is 10.0 Å². The Balaban J connectivity index is 1.78. The molecular weight excluding hydrogens is 436 g/mol. The molecule has 1 aliphatic heterocycles. The van der Waals surface area contributed by atoms with Crippen LogP contribution in [0.5, 0.6) is 0 Å². The normalized spacial score (nSPS) is 16.1. The van der Waals surface area contributed by atoms with Gasteiger partial charge in [-0.25, -0.2) is 8.42 Å². The Morgan fingerprint density at radius 2 is 1.54 bits per heavy atom. The van der Waals surface area contributed by atoms with Crippen LogP contribution in [0.1, 0.15) is 16.7 Å². The molecule has 4 nitrogen and oxygen atoms in total. The lowest BCUT2D eigenvalue weighted by molar-refractivity contribution is 0.384. The molecule has 0 atom stereocenters. The Bertz CT molecular complexity index is 939. The van der Waals surface area contributed by atoms with E-state index in [0.29, 0.717) is 35.5 Å². The first-order valence-electron chi connectivity index (χ1n) is 8.48. The van der Waals surface area contributed by atoms with Crippen molar-refractivity contribution in [2.24, 2.45) is 0 Å². The molecule has 0 saturated carbocycles. The Morgan fingerprint density at radius 3 is 2.15 bits per heavy atom. The Kier molecular flexibility index (Phi) is 5.68. The molecule has 0 bridgehead atoms. The van der Waals surface area contributed by atoms with Gasteiger partial charge in [0.1, 0.15) is 0 Å². The average molecular weight is 458 g/mol. The van der Waals surface area contributed by atoms with Crippen molar-refractivity contribution in [2.45, 2.75) is 25.7 Å². The summed E-state index contributed by atoms with van der Waals surface area (Å²) in [5.74, 6) is 0. The highest BCUT2D eigenvalue weighted by Crippen LogP contribution is 2.30. The molecule has 1 heterocycles. The number of benzene rings is 2. The van der Waals surface area contributed by atoms with Gasteiger partial charge < -0.3 is 4.90 Å². The molecule has 7 heteroatoms. The number of halogens is 2. The lowest BCUT2D eigenvalue weighted by atomic mass is 10.1. The van der Waals surface area contributed by atoms with E-state index >= 15 is 0 Å². The molecule has 26 heavy (non-hydrogen) atoms. The van der Waals surface area contributed by atoms with Crippen LogP contribution < -0.4 is 4.90 Å². The molecule has 0 unspecified atom stereocenters. The topological polar surface area (TPSA) is 40.6 Å². The third-order valence-corrected chi connectivity index (χ3v) is 8.19. The van der Waals surface area contributed by atoms with Crippen molar-refractivity contribution in [2.75, 3.05) is 31.1 Å². The van der Waals surface area contributed by atoms with Crippen molar-refractivity contribution in [3.63, 3.8) is 0 Å². The smallest absolute Gasteiger partial charge is 0.244 e. The van der Waals surface area contributed by atoms with Gasteiger partial charge in [0, 0.05) is 41.4 Å². The summed E-state index contributed by atoms with van der Waals surface area (Å²) in [5.41, 5.74) is 4.11. The molecule has 0 aliphatic carbocycles. The predicted octanol–water partition coefficient (Wildman–Crippen LogP) is 4.54. The van der Waals surface area contributed by atoms with E-state index < -0.39 is 10.0 Å². The second-order valence-electron chi connectivity index (χ2n) is 6.69. The summed E-state index contributed by atoms with van der Waals surface area (Å²) in [5, 5.41) is 0.733. The van der Waals surface area contributed by atoms with Crippen molar-refractivity contribution in [3.05, 3.63) is 56.5 Å². The zero-order chi connectivity index (χ0) is 19.1. The minimum absolute atomic E-state index is 0.340. The Morgan fingerprint density at radius 1 is 0.923 bits per heavy atom. The molecule has 3 rings (SSSR count). The lowest BCUT2D eigenvalue weighted by Gasteiger charge is -2.35. The lowest BCUT2D eigenvalue weighted by Crippen LogP contribution is -2.48. The number of nitrogens with zero attached hydrogens (tertiary/aromatic N) is 2. The minimum Gasteiger partial charge on any atom is -0.369 e. The quantitative estimate of drug-likeness (QED) is 0.679. The van der Waals surface area contributed by atoms with Crippen LogP contribution in [0.3, 0.4) is 0 Å². The fourth-order valence-electron chi connectivity index (χ4n) is 3.06. The van der Waals surface area contributed by atoms with Gasteiger partial charge in [0.25, 0.3) is 0 Å². The number of sulfonamides is 1. The van der Waals surface area contributed by atoms with E-state index in [9.17, 15) is 8.42 Å². The maximum absolute atomic E-state index is 13.1. The van der Waals surface area contributed by atoms with Crippen molar-refractivity contribution in [3.8, 4) is 0 Å². The number of piperazine rings is 1. The highest BCUT2D eigenvalue weighted by Gasteiger charge is 2.30. The molecule has 0 aromatic heterocycles. The number of anilines is 1. The SMILES string of the molecule is Cc1cc(Br)c(S(=O)(=O)N2CCN(c3ccc(C)c(Cl)c3)CC2)cc1C. The maximum Gasteiger partial charge on any atom is 0.244 e. The van der Waals surface area contributed by atoms with Crippen LogP contribution in [0.15, 0.2) is 39.7 Å². The van der Waals surface area contributed by atoms with Gasteiger partial charge in [0.15, 0.2) is 0 Å². The zero-order valence-corrected chi connectivity index (χ0v) is 18.2. The monoisotopic (exact) mass is 456 g/mol. The van der Waals surface area contributed by atoms with Crippen molar-refractivity contribution < 1.29 is 8.42 Å². The van der Waals surface area contributed by atoms with E-state index in [1.165, 1.54) is 0 Å². The summed E-state index contributed by atoms with van der Waals surface area (Å²) in [6.07, 6.45) is 0. The van der Waals surface area contributed by atoms with E-state index in [4.69, 9.17) is 11.6 Å². The van der Waals surface area contributed by atoms with Crippen LogP contribution in [0.25, 0.3) is 0 Å². The van der Waals surface area contributed by atoms with Gasteiger partial charge in [-0.2, -0.15) is 4.31 Å². The van der Waals surface area contributed by atoms with Gasteiger partial charge in [-0.15, -0.1) is 0 Å². The first-order valence-corrected chi connectivity index (χ1v) is 11.1. The summed E-state index contributed by atoms with van der Waals surface area (Å²) in [6, 6.07) is 9.59. The molecule has 2 aromatic rings. The molecule has 140 valence electrons. The van der Waals surface area contributed by atoms with Crippen LogP contribution in [0.2, 0.25) is 5.02 Å². The van der Waals surface area contributed by atoms with E-state index in [1.54, 1.807) is 10.4 Å². The minimum atomic E-state index is -3.52. The number of rotatable bonds is 3. The first-order chi connectivity index (χ1) is 12.2. The summed E-state index contributed by atoms with van der Waals surface area (Å²) >= 11 is 9.64. The van der Waals surface area contributed by atoms with Gasteiger partial charge >= 0.3 is 0 Å². The molecular formula is C19H22BrClN2O2S. The van der Waals surface area contributed by atoms with Gasteiger partial charge in [-0.3, -0.25) is 0 Å². The second-order valence-corrected chi connectivity index (χ2v) is 9.86. The molecule has 0 radical (unpaired) electrons. The van der Waals surface area contributed by atoms with E-state index in [0.717, 1.165) is 27.4 Å². The van der Waals surface area contributed by atoms with Gasteiger partial charge in [-0.05, 0) is 77.7 Å². The largest absolute Gasteiger partial charge is 0.369 e. The Labute approximate surface area is 168 Å². The average Bonchev–Trinajstić information content (AvgIpc) is 2.60. The van der Waals surface area contributed by atoms with E-state index in [-0.39, 0.29) is 0 Å². The summed E-state index contributed by atoms with van der Waals surface area (Å²) in [7, 11) is -3.52. The standard InChI is InChI=1S/C19H22BrClN2O2S/c1-13-4-5-16(12-18(13)21)22-6-8-23(9-7-22)26(24,25)19-11-15(3)14(2)10-17(19)20/h4-5,10-12H,6-9H2,1-3H3. The zero-order valence-electron chi connectivity index (χ0n) is 15.1. The van der Waals surface area contributed by atoms with E-state index in [2.05, 4.69) is 20.8 Å². The van der Waals surface area contributed by atoms with Gasteiger partial charge in [0.05, 0.1) is 4.90 Å². The molecule has 0 amide bonds. The van der Waals surface area contributed by atoms with Crippen molar-refractivity contribution >= 4 is 43.2 Å². The molecule has 0 N–H and O–H groups in total. The number of hydrogen-bond acceptors (Lipinski definition) is 3. The summed E-state index contributed by atoms with van der Waals surface area (Å²) in [6.45, 7) is 8.06. The molecule has 2 aromatic carbocycles. The summed E-state index contributed by atoms with van der Waals surface area (Å²) in [4.78, 5) is 2.51. The molecule has 0 spiro atoms. The fraction of sp³-hybridized carbons (Fsp3) is 0.368. The van der Waals surface area contributed by atoms with Crippen molar-refractivity contribution in [1.29, 1.82) is 0 Å². The van der Waals surface area contributed by atoms with Crippen molar-refractivity contribution in [1.82, 2.24) is 4.31 Å². The number of hydrogen-bond donors (Lipinski definition) is 0. The van der Waals surface area contributed by atoms with E-state index in [1.807, 2.05) is 45.0 Å². The number of aryl methyl sites for hydroxylation is 3. The van der Waals surface area contributed by atoms with Crippen LogP contribution in [0, 0.1) is 20.8 Å². The van der Waals surface area contributed by atoms with Crippen LogP contribution in [-0.2, 0) is 10.0 Å². The van der Waals surface area contributed by atoms with Crippen LogP contribution >= 0.6 is 27.5 Å². The summed E-state index contributed by atoms with van der Waals surface area (Å²) < 4.78 is 28.3. The maximum atomic E-state index is 13.1. The Hall–Kier alpha value is -1.08. The molecule has 1 saturated heterocycles. The first kappa shape index (κ1) is 19.7. The van der Waals surface area contributed by atoms with Gasteiger partial charge in [-0.1, -0.05) is 17.7 Å². The third kappa shape index (κ3) is 3.79. The second kappa shape index (κ2) is 7.50. The molecule has 1 fully saturated rings.